The van der Waals surface area contributed by atoms with Crippen LogP contribution in [0, 0.1) is 5.92 Å². The third-order valence-corrected chi connectivity index (χ3v) is 1.72. The molecule has 5 nitrogen and oxygen atoms in total. The van der Waals surface area contributed by atoms with Crippen LogP contribution in [-0.2, 0) is 9.53 Å². The fourth-order valence-electron chi connectivity index (χ4n) is 0.877. The van der Waals surface area contributed by atoms with Crippen LogP contribution < -0.4 is 10.6 Å². The van der Waals surface area contributed by atoms with Crippen molar-refractivity contribution in [3.05, 3.63) is 0 Å². The molecule has 5 heteroatoms. The lowest BCUT2D eigenvalue weighted by atomic mass is 10.2. The molecule has 0 unspecified atom stereocenters. The van der Waals surface area contributed by atoms with E-state index in [1.54, 1.807) is 6.92 Å². The Bertz CT molecular complexity index is 205. The van der Waals surface area contributed by atoms with E-state index in [2.05, 4.69) is 15.4 Å². The second-order valence-electron chi connectivity index (χ2n) is 3.45. The number of ether oxygens (including phenoxy) is 1. The molecule has 0 saturated heterocycles. The van der Waals surface area contributed by atoms with E-state index in [1.165, 1.54) is 0 Å². The van der Waals surface area contributed by atoms with Crippen molar-refractivity contribution in [2.75, 3.05) is 19.7 Å². The summed E-state index contributed by atoms with van der Waals surface area (Å²) in [7, 11) is 0. The molecule has 0 aliphatic carbocycles. The van der Waals surface area contributed by atoms with Crippen molar-refractivity contribution in [1.29, 1.82) is 0 Å². The van der Waals surface area contributed by atoms with Gasteiger partial charge in [-0.3, -0.25) is 4.79 Å². The van der Waals surface area contributed by atoms with E-state index in [1.807, 2.05) is 13.8 Å². The van der Waals surface area contributed by atoms with E-state index in [4.69, 9.17) is 0 Å². The average molecular weight is 216 g/mol. The summed E-state index contributed by atoms with van der Waals surface area (Å²) in [5, 5.41) is 5.33. The lowest BCUT2D eigenvalue weighted by Crippen LogP contribution is -2.32. The van der Waals surface area contributed by atoms with Crippen LogP contribution in [0.3, 0.4) is 0 Å². The summed E-state index contributed by atoms with van der Waals surface area (Å²) in [6.45, 7) is 6.89. The highest BCUT2D eigenvalue weighted by molar-refractivity contribution is 5.77. The zero-order chi connectivity index (χ0) is 11.7. The molecule has 88 valence electrons. The summed E-state index contributed by atoms with van der Waals surface area (Å²) < 4.78 is 4.67. The third kappa shape index (κ3) is 7.78. The van der Waals surface area contributed by atoms with Crippen LogP contribution in [0.4, 0.5) is 4.79 Å². The largest absolute Gasteiger partial charge is 0.450 e. The quantitative estimate of drug-likeness (QED) is 0.648. The summed E-state index contributed by atoms with van der Waals surface area (Å²) in [4.78, 5) is 21.9. The molecule has 2 N–H and O–H groups in total. The average Bonchev–Trinajstić information content (AvgIpc) is 2.17. The molecule has 0 saturated carbocycles. The minimum absolute atomic E-state index is 0.00279. The van der Waals surface area contributed by atoms with Crippen molar-refractivity contribution in [2.45, 2.75) is 27.2 Å². The van der Waals surface area contributed by atoms with Gasteiger partial charge in [0.25, 0.3) is 0 Å². The van der Waals surface area contributed by atoms with Gasteiger partial charge in [0.1, 0.15) is 0 Å². The van der Waals surface area contributed by atoms with Crippen LogP contribution in [0.2, 0.25) is 0 Å². The molecule has 0 heterocycles. The highest BCUT2D eigenvalue weighted by Crippen LogP contribution is 1.90. The first-order valence-corrected chi connectivity index (χ1v) is 5.26. The van der Waals surface area contributed by atoms with Gasteiger partial charge >= 0.3 is 6.09 Å². The Morgan fingerprint density at radius 2 is 1.80 bits per heavy atom. The number of rotatable bonds is 6. The predicted octanol–water partition coefficient (Wildman–Crippen LogP) is 0.895. The van der Waals surface area contributed by atoms with E-state index in [-0.39, 0.29) is 11.8 Å². The van der Waals surface area contributed by atoms with Gasteiger partial charge in [0.15, 0.2) is 0 Å². The summed E-state index contributed by atoms with van der Waals surface area (Å²) in [6.07, 6.45) is 0.296. The fourth-order valence-corrected chi connectivity index (χ4v) is 0.877. The van der Waals surface area contributed by atoms with Gasteiger partial charge in [0, 0.05) is 19.0 Å². The topological polar surface area (TPSA) is 67.4 Å². The summed E-state index contributed by atoms with van der Waals surface area (Å²) >= 11 is 0. The predicted molar refractivity (Wildman–Crippen MR) is 57.5 cm³/mol. The van der Waals surface area contributed by atoms with Crippen LogP contribution in [0.15, 0.2) is 0 Å². The van der Waals surface area contributed by atoms with Gasteiger partial charge in [0.2, 0.25) is 5.91 Å². The number of carbonyl (C=O) groups is 2. The monoisotopic (exact) mass is 216 g/mol. The highest BCUT2D eigenvalue weighted by Gasteiger charge is 2.05. The Balaban J connectivity index is 3.32. The molecule has 0 aromatic heterocycles. The zero-order valence-corrected chi connectivity index (χ0v) is 9.63. The van der Waals surface area contributed by atoms with Gasteiger partial charge in [-0.05, 0) is 13.3 Å². The van der Waals surface area contributed by atoms with E-state index in [9.17, 15) is 9.59 Å². The van der Waals surface area contributed by atoms with E-state index in [0.29, 0.717) is 26.1 Å². The van der Waals surface area contributed by atoms with Crippen LogP contribution in [-0.4, -0.2) is 31.7 Å². The zero-order valence-electron chi connectivity index (χ0n) is 9.63. The minimum atomic E-state index is -0.410. The molecular weight excluding hydrogens is 196 g/mol. The summed E-state index contributed by atoms with van der Waals surface area (Å²) in [6, 6.07) is 0. The van der Waals surface area contributed by atoms with Gasteiger partial charge in [-0.15, -0.1) is 0 Å². The fraction of sp³-hybridized carbons (Fsp3) is 0.800. The lowest BCUT2D eigenvalue weighted by Gasteiger charge is -2.08. The SMILES string of the molecule is CCOC(=O)NCCCNC(=O)C(C)C. The Labute approximate surface area is 90.6 Å². The molecular formula is C10H20N2O3. The first-order chi connectivity index (χ1) is 7.07. The van der Waals surface area contributed by atoms with Crippen LogP contribution in [0.5, 0.6) is 0 Å². The molecule has 0 spiro atoms. The van der Waals surface area contributed by atoms with Crippen LogP contribution in [0.1, 0.15) is 27.2 Å². The molecule has 0 aromatic carbocycles. The molecule has 0 bridgehead atoms. The van der Waals surface area contributed by atoms with Crippen molar-refractivity contribution >= 4 is 12.0 Å². The maximum absolute atomic E-state index is 11.1. The third-order valence-electron chi connectivity index (χ3n) is 1.72. The lowest BCUT2D eigenvalue weighted by molar-refractivity contribution is -0.123. The molecule has 0 aliphatic heterocycles. The number of hydrogen-bond acceptors (Lipinski definition) is 3. The molecule has 0 atom stereocenters. The van der Waals surface area contributed by atoms with Crippen molar-refractivity contribution in [1.82, 2.24) is 10.6 Å². The Kier molecular flexibility index (Phi) is 7.40. The second-order valence-corrected chi connectivity index (χ2v) is 3.45. The molecule has 0 aliphatic rings. The van der Waals surface area contributed by atoms with Crippen LogP contribution in [0.25, 0.3) is 0 Å². The Morgan fingerprint density at radius 3 is 2.33 bits per heavy atom. The van der Waals surface area contributed by atoms with Gasteiger partial charge in [0.05, 0.1) is 6.61 Å². The number of carbonyl (C=O) groups excluding carboxylic acids is 2. The van der Waals surface area contributed by atoms with Crippen molar-refractivity contribution in [3.8, 4) is 0 Å². The maximum atomic E-state index is 11.1. The smallest absolute Gasteiger partial charge is 0.407 e. The van der Waals surface area contributed by atoms with Crippen molar-refractivity contribution in [3.63, 3.8) is 0 Å². The maximum Gasteiger partial charge on any atom is 0.407 e. The van der Waals surface area contributed by atoms with E-state index < -0.39 is 6.09 Å². The first-order valence-electron chi connectivity index (χ1n) is 5.26. The normalized spacial score (nSPS) is 9.87. The molecule has 15 heavy (non-hydrogen) atoms. The Morgan fingerprint density at radius 1 is 1.20 bits per heavy atom. The van der Waals surface area contributed by atoms with Gasteiger partial charge in [-0.25, -0.2) is 4.79 Å². The number of amides is 2. The summed E-state index contributed by atoms with van der Waals surface area (Å²) in [5.41, 5.74) is 0. The molecule has 0 fully saturated rings. The Hall–Kier alpha value is -1.26. The summed E-state index contributed by atoms with van der Waals surface area (Å²) in [5.74, 6) is 0.0363. The van der Waals surface area contributed by atoms with Gasteiger partial charge in [-0.1, -0.05) is 13.8 Å². The molecule has 0 rings (SSSR count). The second kappa shape index (κ2) is 8.08. The number of hydrogen-bond donors (Lipinski definition) is 2. The van der Waals surface area contributed by atoms with E-state index in [0.717, 1.165) is 0 Å². The van der Waals surface area contributed by atoms with E-state index >= 15 is 0 Å². The van der Waals surface area contributed by atoms with Crippen molar-refractivity contribution in [2.24, 2.45) is 5.92 Å². The number of nitrogens with one attached hydrogen (secondary N) is 2. The van der Waals surface area contributed by atoms with Crippen LogP contribution >= 0.6 is 0 Å². The van der Waals surface area contributed by atoms with Gasteiger partial charge in [-0.2, -0.15) is 0 Å². The van der Waals surface area contributed by atoms with Crippen molar-refractivity contribution < 1.29 is 14.3 Å². The standard InChI is InChI=1S/C10H20N2O3/c1-4-15-10(14)12-7-5-6-11-9(13)8(2)3/h8H,4-7H2,1-3H3,(H,11,13)(H,12,14). The first kappa shape index (κ1) is 13.7. The molecule has 2 amide bonds. The molecule has 0 radical (unpaired) electrons. The minimum Gasteiger partial charge on any atom is -0.450 e. The van der Waals surface area contributed by atoms with Gasteiger partial charge < -0.3 is 15.4 Å². The highest BCUT2D eigenvalue weighted by atomic mass is 16.5. The molecule has 0 aromatic rings. The number of alkyl carbamates (subject to hydrolysis) is 1.